The number of ether oxygens (including phenoxy) is 3. The van der Waals surface area contributed by atoms with E-state index in [1.54, 1.807) is 12.1 Å². The van der Waals surface area contributed by atoms with Gasteiger partial charge in [-0.1, -0.05) is 75.8 Å². The Balaban J connectivity index is 0.00000812. The molecule has 17 nitrogen and oxygen atoms in total. The number of nitrogens with zero attached hydrogens (tertiary/aromatic N) is 1. The first kappa shape index (κ1) is 45.4. The van der Waals surface area contributed by atoms with Crippen molar-refractivity contribution >= 4 is 27.6 Å². The Hall–Kier alpha value is -4.02. The summed E-state index contributed by atoms with van der Waals surface area (Å²) in [5, 5.41) is 0. The number of nitrogens with one attached hydrogen (secondary N) is 1. The normalized spacial score (nSPS) is 17.2. The average Bonchev–Trinajstić information content (AvgIpc) is 3.60. The van der Waals surface area contributed by atoms with E-state index < -0.39 is 65.0 Å². The molecule has 0 radical (unpaired) electrons. The number of aromatic nitrogens is 2. The third-order valence-electron chi connectivity index (χ3n) is 7.93. The minimum absolute atomic E-state index is 0. The van der Waals surface area contributed by atoms with Gasteiger partial charge in [0.1, 0.15) is 17.6 Å². The quantitative estimate of drug-likeness (QED) is 0.0301. The number of aryl methyl sites for hydroxylation is 1. The van der Waals surface area contributed by atoms with Gasteiger partial charge in [0.15, 0.2) is 6.23 Å². The number of benzene rings is 2. The second-order valence-electron chi connectivity index (χ2n) is 12.5. The van der Waals surface area contributed by atoms with E-state index in [2.05, 4.69) is 11.9 Å². The van der Waals surface area contributed by atoms with E-state index in [1.165, 1.54) is 87.9 Å². The van der Waals surface area contributed by atoms with Crippen LogP contribution in [-0.2, 0) is 54.6 Å². The number of hydrogen-bond donors (Lipinski definition) is 3. The number of unbranched alkanes of at least 4 members (excludes halogenated alkanes) is 6. The van der Waals surface area contributed by atoms with Crippen LogP contribution in [-0.4, -0.2) is 39.1 Å². The van der Waals surface area contributed by atoms with Gasteiger partial charge in [-0.05, 0) is 54.8 Å². The van der Waals surface area contributed by atoms with Crippen LogP contribution in [0.1, 0.15) is 88.1 Å². The van der Waals surface area contributed by atoms with E-state index in [0.717, 1.165) is 30.3 Å². The highest BCUT2D eigenvalue weighted by Crippen LogP contribution is 2.64. The highest BCUT2D eigenvalue weighted by molar-refractivity contribution is 7.61. The highest BCUT2D eigenvalue weighted by Gasteiger charge is 2.39. The third kappa shape index (κ3) is 15.6. The zero-order chi connectivity index (χ0) is 39.1. The minimum Gasteiger partial charge on any atom is -0.427 e. The van der Waals surface area contributed by atoms with Crippen molar-refractivity contribution in [1.29, 1.82) is 0 Å². The monoisotopic (exact) mass is 809 g/mol. The fourth-order valence-electron chi connectivity index (χ4n) is 5.11. The number of H-pyrrole nitrogens is 1. The topological polar surface area (TPSA) is 243 Å². The maximum Gasteiger partial charge on any atom is 0.484 e. The largest absolute Gasteiger partial charge is 0.484 e. The zero-order valence-electron chi connectivity index (χ0n) is 31.1. The lowest BCUT2D eigenvalue weighted by Crippen LogP contribution is -2.33. The van der Waals surface area contributed by atoms with E-state index in [4.69, 9.17) is 32.1 Å². The Morgan fingerprint density at radius 2 is 1.40 bits per heavy atom. The molecule has 0 saturated heterocycles. The highest BCUT2D eigenvalue weighted by atomic mass is 31.3. The molecule has 0 bridgehead atoms. The number of esters is 2. The Bertz CT molecular complexity index is 1950. The van der Waals surface area contributed by atoms with Crippen LogP contribution in [0.5, 0.6) is 11.5 Å². The van der Waals surface area contributed by atoms with E-state index in [1.807, 2.05) is 0 Å². The number of rotatable bonds is 22. The van der Waals surface area contributed by atoms with Crippen molar-refractivity contribution in [3.8, 4) is 11.5 Å². The summed E-state index contributed by atoms with van der Waals surface area (Å²) < 4.78 is 65.1. The first-order chi connectivity index (χ1) is 25.7. The molecule has 2 unspecified atom stereocenters. The predicted octanol–water partition coefficient (Wildman–Crippen LogP) is 7.11. The molecule has 19 heteroatoms. The number of phosphoric ester groups is 2. The van der Waals surface area contributed by atoms with Crippen molar-refractivity contribution in [1.82, 2.24) is 15.7 Å². The van der Waals surface area contributed by atoms with Crippen LogP contribution >= 0.6 is 15.6 Å². The fourth-order valence-corrected chi connectivity index (χ4v) is 7.71. The van der Waals surface area contributed by atoms with Gasteiger partial charge < -0.3 is 25.3 Å². The SMILES string of the molecule is CCCCCCCCCC(=O)Oc1ccc(COP(=O)(OCc2ccc(OC(C)=O)cc2)OP(=O)(O)OC[C@@H]2C=C[C@H](n3cc(C)c(=O)[nH]c3=O)O2)cc1.N. The number of aromatic amines is 1. The molecule has 0 spiro atoms. The Morgan fingerprint density at radius 1 is 0.836 bits per heavy atom. The fraction of sp³-hybridized carbons (Fsp3) is 0.444. The second kappa shape index (κ2) is 21.9. The van der Waals surface area contributed by atoms with Crippen molar-refractivity contribution in [2.45, 2.75) is 97.7 Å². The van der Waals surface area contributed by atoms with Gasteiger partial charge in [-0.2, -0.15) is 4.31 Å². The molecule has 3 aromatic rings. The van der Waals surface area contributed by atoms with Crippen molar-refractivity contribution in [3.63, 3.8) is 0 Å². The summed E-state index contributed by atoms with van der Waals surface area (Å²) in [6.07, 6.45) is 10.2. The van der Waals surface area contributed by atoms with Gasteiger partial charge in [-0.3, -0.25) is 37.5 Å². The Labute approximate surface area is 318 Å². The summed E-state index contributed by atoms with van der Waals surface area (Å²) in [5.74, 6) is -0.312. The van der Waals surface area contributed by atoms with E-state index in [0.29, 0.717) is 23.3 Å². The molecule has 1 aliphatic rings. The molecule has 5 N–H and O–H groups in total. The molecule has 0 saturated carbocycles. The summed E-state index contributed by atoms with van der Waals surface area (Å²) in [4.78, 5) is 60.2. The summed E-state index contributed by atoms with van der Waals surface area (Å²) in [6.45, 7) is 3.55. The van der Waals surface area contributed by atoms with Crippen LogP contribution in [0.25, 0.3) is 0 Å². The summed E-state index contributed by atoms with van der Waals surface area (Å²) in [7, 11) is -10.0. The first-order valence-corrected chi connectivity index (χ1v) is 20.5. The third-order valence-corrected chi connectivity index (χ3v) is 10.9. The maximum atomic E-state index is 13.8. The predicted molar refractivity (Wildman–Crippen MR) is 201 cm³/mol. The lowest BCUT2D eigenvalue weighted by Gasteiger charge is -2.22. The zero-order valence-corrected chi connectivity index (χ0v) is 32.9. The lowest BCUT2D eigenvalue weighted by atomic mass is 10.1. The lowest BCUT2D eigenvalue weighted by molar-refractivity contribution is -0.134. The molecular weight excluding hydrogens is 760 g/mol. The molecule has 1 aliphatic heterocycles. The first-order valence-electron chi connectivity index (χ1n) is 17.5. The summed E-state index contributed by atoms with van der Waals surface area (Å²) in [5.41, 5.74) is -0.126. The molecule has 2 heterocycles. The molecule has 4 atom stereocenters. The van der Waals surface area contributed by atoms with Gasteiger partial charge in [0.2, 0.25) is 0 Å². The van der Waals surface area contributed by atoms with Gasteiger partial charge in [0, 0.05) is 25.1 Å². The summed E-state index contributed by atoms with van der Waals surface area (Å²) in [6, 6.07) is 12.1. The van der Waals surface area contributed by atoms with Crippen molar-refractivity contribution in [3.05, 3.63) is 104 Å². The standard InChI is InChI=1S/C36H46N2O14P2.H3N/c1-4-5-6-7-8-9-10-11-34(40)51-31-18-14-29(15-19-31)24-48-54(45,47-23-28-12-16-30(17-13-28)49-27(3)39)52-53(43,44)46-25-32-20-21-33(50-32)38-22-26(2)35(41)37-36(38)42;/h12-22,32-33H,4-11,23-25H2,1-3H3,(H,43,44)(H,37,41,42);1H3/t32-,33+,54?;/m0./s1. The molecule has 0 aliphatic carbocycles. The average molecular weight is 810 g/mol. The molecule has 4 rings (SSSR count). The summed E-state index contributed by atoms with van der Waals surface area (Å²) >= 11 is 0. The molecule has 1 aromatic heterocycles. The van der Waals surface area contributed by atoms with Crippen LogP contribution < -0.4 is 26.9 Å². The second-order valence-corrected chi connectivity index (χ2v) is 15.8. The number of phosphoric acid groups is 2. The minimum atomic E-state index is -5.15. The van der Waals surface area contributed by atoms with Crippen molar-refractivity contribution in [2.24, 2.45) is 0 Å². The van der Waals surface area contributed by atoms with Gasteiger partial charge in [-0.25, -0.2) is 13.9 Å². The van der Waals surface area contributed by atoms with E-state index in [9.17, 15) is 33.2 Å². The molecule has 2 aromatic carbocycles. The smallest absolute Gasteiger partial charge is 0.427 e. The van der Waals surface area contributed by atoms with E-state index >= 15 is 0 Å². The maximum absolute atomic E-state index is 13.8. The van der Waals surface area contributed by atoms with E-state index in [-0.39, 0.29) is 23.4 Å². The van der Waals surface area contributed by atoms with Crippen LogP contribution in [0.4, 0.5) is 0 Å². The Morgan fingerprint density at radius 3 is 1.98 bits per heavy atom. The molecule has 0 amide bonds. The molecule has 0 fully saturated rings. The van der Waals surface area contributed by atoms with Crippen LogP contribution in [0.3, 0.4) is 0 Å². The number of carbonyl (C=O) groups excluding carboxylic acids is 2. The van der Waals surface area contributed by atoms with Gasteiger partial charge in [0.05, 0.1) is 19.8 Å². The number of carbonyl (C=O) groups is 2. The van der Waals surface area contributed by atoms with Crippen molar-refractivity contribution in [2.75, 3.05) is 6.61 Å². The van der Waals surface area contributed by atoms with Crippen LogP contribution in [0.15, 0.2) is 76.5 Å². The van der Waals surface area contributed by atoms with Gasteiger partial charge in [0.25, 0.3) is 5.56 Å². The number of hydrogen-bond acceptors (Lipinski definition) is 14. The van der Waals surface area contributed by atoms with Gasteiger partial charge >= 0.3 is 33.3 Å². The van der Waals surface area contributed by atoms with Gasteiger partial charge in [-0.15, -0.1) is 0 Å². The molecular formula is C36H49N3O14P2. The van der Waals surface area contributed by atoms with Crippen molar-refractivity contribution < 1.29 is 55.7 Å². The molecule has 302 valence electrons. The van der Waals surface area contributed by atoms with Crippen LogP contribution in [0, 0.1) is 6.92 Å². The molecule has 55 heavy (non-hydrogen) atoms. The Kier molecular flexibility index (Phi) is 18.1. The van der Waals surface area contributed by atoms with Crippen LogP contribution in [0.2, 0.25) is 0 Å².